The lowest BCUT2D eigenvalue weighted by Crippen LogP contribution is -2.42. The molecule has 0 unspecified atom stereocenters. The van der Waals surface area contributed by atoms with Gasteiger partial charge in [-0.05, 0) is 56.0 Å². The van der Waals surface area contributed by atoms with Gasteiger partial charge in [-0.15, -0.1) is 0 Å². The molecule has 1 aliphatic rings. The number of nitrogens with zero attached hydrogens (tertiary/aromatic N) is 1. The molecule has 0 saturated carbocycles. The van der Waals surface area contributed by atoms with E-state index in [0.717, 1.165) is 27.8 Å². The molecular formula is C24H28FNO3. The van der Waals surface area contributed by atoms with Gasteiger partial charge >= 0.3 is 0 Å². The second kappa shape index (κ2) is 9.31. The lowest BCUT2D eigenvalue weighted by atomic mass is 9.94. The van der Waals surface area contributed by atoms with E-state index in [4.69, 9.17) is 4.74 Å². The highest BCUT2D eigenvalue weighted by atomic mass is 19.1. The van der Waals surface area contributed by atoms with Crippen LogP contribution in [0.5, 0.6) is 0 Å². The van der Waals surface area contributed by atoms with Crippen LogP contribution in [0.25, 0.3) is 0 Å². The van der Waals surface area contributed by atoms with Crippen molar-refractivity contribution >= 4 is 11.7 Å². The normalized spacial score (nSPS) is 16.7. The van der Waals surface area contributed by atoms with Crippen molar-refractivity contribution < 1.29 is 18.7 Å². The maximum absolute atomic E-state index is 13.1. The number of benzene rings is 2. The number of hydrogen-bond acceptors (Lipinski definition) is 3. The van der Waals surface area contributed by atoms with Gasteiger partial charge in [0.25, 0.3) is 0 Å². The first-order chi connectivity index (χ1) is 13.8. The number of hydrogen-bond donors (Lipinski definition) is 0. The summed E-state index contributed by atoms with van der Waals surface area (Å²) < 4.78 is 18.9. The van der Waals surface area contributed by atoms with Gasteiger partial charge in [0.2, 0.25) is 5.91 Å². The number of morpholine rings is 1. The summed E-state index contributed by atoms with van der Waals surface area (Å²) in [5.41, 5.74) is 4.79. The molecule has 0 aliphatic carbocycles. The largest absolute Gasteiger partial charge is 0.370 e. The van der Waals surface area contributed by atoms with Crippen molar-refractivity contribution in [3.05, 3.63) is 70.0 Å². The van der Waals surface area contributed by atoms with Crippen LogP contribution in [0.15, 0.2) is 36.4 Å². The summed E-state index contributed by atoms with van der Waals surface area (Å²) in [6, 6.07) is 10.2. The van der Waals surface area contributed by atoms with Gasteiger partial charge in [0.05, 0.1) is 13.2 Å². The van der Waals surface area contributed by atoms with Crippen LogP contribution in [-0.2, 0) is 9.53 Å². The van der Waals surface area contributed by atoms with Gasteiger partial charge in [-0.3, -0.25) is 9.59 Å². The van der Waals surface area contributed by atoms with Crippen LogP contribution < -0.4 is 0 Å². The first-order valence-electron chi connectivity index (χ1n) is 10.1. The lowest BCUT2D eigenvalue weighted by Gasteiger charge is -2.33. The number of ether oxygens (including phenoxy) is 1. The Balaban J connectivity index is 1.53. The Bertz CT molecular complexity index is 868. The minimum atomic E-state index is -0.291. The predicted octanol–water partition coefficient (Wildman–Crippen LogP) is 4.70. The predicted molar refractivity (Wildman–Crippen MR) is 111 cm³/mol. The number of ketones is 1. The summed E-state index contributed by atoms with van der Waals surface area (Å²) >= 11 is 0. The fourth-order valence-electron chi connectivity index (χ4n) is 4.06. The molecule has 0 spiro atoms. The van der Waals surface area contributed by atoms with E-state index in [-0.39, 0.29) is 23.6 Å². The maximum Gasteiger partial charge on any atom is 0.222 e. The maximum atomic E-state index is 13.1. The summed E-state index contributed by atoms with van der Waals surface area (Å²) in [6.45, 7) is 7.39. The van der Waals surface area contributed by atoms with Crippen molar-refractivity contribution in [1.82, 2.24) is 4.90 Å². The highest BCUT2D eigenvalue weighted by Crippen LogP contribution is 2.24. The van der Waals surface area contributed by atoms with E-state index in [9.17, 15) is 14.0 Å². The van der Waals surface area contributed by atoms with E-state index in [2.05, 4.69) is 0 Å². The molecule has 0 bridgehead atoms. The zero-order valence-corrected chi connectivity index (χ0v) is 17.3. The van der Waals surface area contributed by atoms with E-state index in [0.29, 0.717) is 39.0 Å². The number of Topliss-reactive ketones (excluding diaryl/α,β-unsaturated/α-hetero) is 1. The molecule has 1 amide bonds. The summed E-state index contributed by atoms with van der Waals surface area (Å²) in [6.07, 6.45) is 0.990. The molecule has 29 heavy (non-hydrogen) atoms. The van der Waals surface area contributed by atoms with Crippen LogP contribution in [0, 0.1) is 26.6 Å². The number of aryl methyl sites for hydroxylation is 3. The first-order valence-corrected chi connectivity index (χ1v) is 10.1. The first kappa shape index (κ1) is 21.2. The molecule has 1 saturated heterocycles. The molecule has 2 aromatic rings. The Kier molecular flexibility index (Phi) is 6.80. The molecular weight excluding hydrogens is 369 g/mol. The molecule has 5 heteroatoms. The van der Waals surface area contributed by atoms with Gasteiger partial charge < -0.3 is 9.64 Å². The Morgan fingerprint density at radius 1 is 1.07 bits per heavy atom. The highest BCUT2D eigenvalue weighted by Gasteiger charge is 2.25. The molecule has 0 radical (unpaired) electrons. The van der Waals surface area contributed by atoms with Crippen LogP contribution in [-0.4, -0.2) is 36.3 Å². The quantitative estimate of drug-likeness (QED) is 0.664. The van der Waals surface area contributed by atoms with Crippen molar-refractivity contribution in [2.24, 2.45) is 0 Å². The van der Waals surface area contributed by atoms with Crippen molar-refractivity contribution in [3.63, 3.8) is 0 Å². The van der Waals surface area contributed by atoms with Crippen molar-refractivity contribution in [2.75, 3.05) is 19.7 Å². The molecule has 2 aromatic carbocycles. The minimum absolute atomic E-state index is 0.0329. The van der Waals surface area contributed by atoms with Crippen LogP contribution >= 0.6 is 0 Å². The van der Waals surface area contributed by atoms with Gasteiger partial charge in [-0.2, -0.15) is 0 Å². The summed E-state index contributed by atoms with van der Waals surface area (Å²) in [5, 5.41) is 0. The Morgan fingerprint density at radius 2 is 1.72 bits per heavy atom. The van der Waals surface area contributed by atoms with Crippen molar-refractivity contribution in [1.29, 1.82) is 0 Å². The molecule has 1 heterocycles. The van der Waals surface area contributed by atoms with Gasteiger partial charge in [0, 0.05) is 24.9 Å². The second-order valence-corrected chi connectivity index (χ2v) is 7.80. The molecule has 1 aliphatic heterocycles. The third-order valence-electron chi connectivity index (χ3n) is 5.41. The standard InChI is InChI=1S/C24H28FNO3/c1-16-13-17(2)24(18(3)14-16)21(27)5-4-6-23(28)26-11-12-29-22(15-26)19-7-9-20(25)10-8-19/h7-10,13-14,22H,4-6,11-12,15H2,1-3H3/t22-/m0/s1. The Labute approximate surface area is 171 Å². The summed E-state index contributed by atoms with van der Waals surface area (Å²) in [7, 11) is 0. The van der Waals surface area contributed by atoms with E-state index in [1.807, 2.05) is 32.9 Å². The fourth-order valence-corrected chi connectivity index (χ4v) is 4.06. The smallest absolute Gasteiger partial charge is 0.222 e. The molecule has 3 rings (SSSR count). The number of rotatable bonds is 6. The van der Waals surface area contributed by atoms with Crippen LogP contribution in [0.1, 0.15) is 58.0 Å². The van der Waals surface area contributed by atoms with E-state index >= 15 is 0 Å². The second-order valence-electron chi connectivity index (χ2n) is 7.80. The van der Waals surface area contributed by atoms with E-state index in [1.54, 1.807) is 17.0 Å². The molecule has 154 valence electrons. The molecule has 0 aromatic heterocycles. The van der Waals surface area contributed by atoms with Gasteiger partial charge in [0.15, 0.2) is 5.78 Å². The van der Waals surface area contributed by atoms with Gasteiger partial charge in [0.1, 0.15) is 11.9 Å². The van der Waals surface area contributed by atoms with Crippen LogP contribution in [0.4, 0.5) is 4.39 Å². The fraction of sp³-hybridized carbons (Fsp3) is 0.417. The van der Waals surface area contributed by atoms with Gasteiger partial charge in [-0.25, -0.2) is 4.39 Å². The molecule has 0 N–H and O–H groups in total. The number of carbonyl (C=O) groups is 2. The van der Waals surface area contributed by atoms with Crippen LogP contribution in [0.3, 0.4) is 0 Å². The topological polar surface area (TPSA) is 46.6 Å². The van der Waals surface area contributed by atoms with Crippen molar-refractivity contribution in [3.8, 4) is 0 Å². The number of amides is 1. The average molecular weight is 397 g/mol. The van der Waals surface area contributed by atoms with Gasteiger partial charge in [-0.1, -0.05) is 29.8 Å². The minimum Gasteiger partial charge on any atom is -0.370 e. The Hall–Kier alpha value is -2.53. The highest BCUT2D eigenvalue weighted by molar-refractivity contribution is 5.99. The monoisotopic (exact) mass is 397 g/mol. The number of carbonyl (C=O) groups excluding carboxylic acids is 2. The zero-order chi connectivity index (χ0) is 21.0. The summed E-state index contributed by atoms with van der Waals surface area (Å²) in [4.78, 5) is 27.1. The average Bonchev–Trinajstić information content (AvgIpc) is 2.68. The van der Waals surface area contributed by atoms with E-state index in [1.165, 1.54) is 12.1 Å². The van der Waals surface area contributed by atoms with E-state index < -0.39 is 0 Å². The SMILES string of the molecule is Cc1cc(C)c(C(=O)CCCC(=O)N2CCO[C@H](c3ccc(F)cc3)C2)c(C)c1. The number of halogens is 1. The summed E-state index contributed by atoms with van der Waals surface area (Å²) in [5.74, 6) is -0.161. The Morgan fingerprint density at radius 3 is 2.38 bits per heavy atom. The third kappa shape index (κ3) is 5.30. The molecule has 4 nitrogen and oxygen atoms in total. The molecule has 1 atom stereocenters. The van der Waals surface area contributed by atoms with Crippen molar-refractivity contribution in [2.45, 2.75) is 46.1 Å². The lowest BCUT2D eigenvalue weighted by molar-refractivity contribution is -0.139. The zero-order valence-electron chi connectivity index (χ0n) is 17.3. The van der Waals surface area contributed by atoms with Crippen LogP contribution in [0.2, 0.25) is 0 Å². The molecule has 1 fully saturated rings. The third-order valence-corrected chi connectivity index (χ3v) is 5.41.